The number of halogens is 3. The number of rotatable bonds is 2. The minimum Gasteiger partial charge on any atom is -0.329 e. The summed E-state index contributed by atoms with van der Waals surface area (Å²) in [6.07, 6.45) is -3.22. The molecule has 0 saturated heterocycles. The van der Waals surface area contributed by atoms with Crippen LogP contribution in [0.2, 0.25) is 0 Å². The Labute approximate surface area is 140 Å². The van der Waals surface area contributed by atoms with Crippen LogP contribution in [-0.4, -0.2) is 29.0 Å². The van der Waals surface area contributed by atoms with Crippen molar-refractivity contribution in [1.29, 1.82) is 0 Å². The highest BCUT2D eigenvalue weighted by Crippen LogP contribution is 2.57. The highest BCUT2D eigenvalue weighted by molar-refractivity contribution is 6.20. The zero-order valence-corrected chi connectivity index (χ0v) is 13.0. The molecule has 3 aliphatic rings. The number of nitrogens with zero attached hydrogens (tertiary/aromatic N) is 1. The van der Waals surface area contributed by atoms with Crippen LogP contribution in [0, 0.1) is 23.7 Å². The van der Waals surface area contributed by atoms with E-state index in [-0.39, 0.29) is 16.2 Å². The number of hydrogen-bond acceptors (Lipinski definition) is 4. The smallest absolute Gasteiger partial charge is 0.329 e. The number of alkyl halides is 3. The van der Waals surface area contributed by atoms with Crippen molar-refractivity contribution in [3.8, 4) is 0 Å². The van der Waals surface area contributed by atoms with Crippen molar-refractivity contribution in [3.05, 3.63) is 35.4 Å². The SMILES string of the molecule is O=C(ON1C(=O)c2ccccc2C1=O)C1C2CCC(C2)C1C(F)(F)F. The van der Waals surface area contributed by atoms with Crippen LogP contribution in [0.5, 0.6) is 0 Å². The zero-order valence-electron chi connectivity index (χ0n) is 13.0. The van der Waals surface area contributed by atoms with Gasteiger partial charge in [0.2, 0.25) is 0 Å². The van der Waals surface area contributed by atoms with Gasteiger partial charge in [-0.2, -0.15) is 13.2 Å². The molecule has 0 aromatic heterocycles. The van der Waals surface area contributed by atoms with Crippen LogP contribution in [0.4, 0.5) is 13.2 Å². The number of benzene rings is 1. The lowest BCUT2D eigenvalue weighted by Gasteiger charge is -2.31. The lowest BCUT2D eigenvalue weighted by molar-refractivity contribution is -0.216. The Bertz CT molecular complexity index is 740. The third kappa shape index (κ3) is 2.34. The number of amides is 2. The van der Waals surface area contributed by atoms with Gasteiger partial charge in [0.25, 0.3) is 11.8 Å². The molecule has 4 rings (SSSR count). The molecule has 5 nitrogen and oxygen atoms in total. The number of hydrogen-bond donors (Lipinski definition) is 0. The molecule has 2 aliphatic carbocycles. The molecule has 2 amide bonds. The first-order chi connectivity index (χ1) is 11.8. The molecule has 0 N–H and O–H groups in total. The summed E-state index contributed by atoms with van der Waals surface area (Å²) < 4.78 is 40.1. The molecule has 4 unspecified atom stereocenters. The summed E-state index contributed by atoms with van der Waals surface area (Å²) in [6.45, 7) is 0. The third-order valence-electron chi connectivity index (χ3n) is 5.50. The highest BCUT2D eigenvalue weighted by Gasteiger charge is 2.62. The predicted molar refractivity (Wildman–Crippen MR) is 76.9 cm³/mol. The number of carbonyl (C=O) groups excluding carboxylic acids is 3. The van der Waals surface area contributed by atoms with E-state index in [4.69, 9.17) is 4.84 Å². The Morgan fingerprint density at radius 2 is 1.60 bits per heavy atom. The van der Waals surface area contributed by atoms with E-state index in [9.17, 15) is 27.6 Å². The molecule has 0 spiro atoms. The van der Waals surface area contributed by atoms with Gasteiger partial charge >= 0.3 is 12.1 Å². The number of carbonyl (C=O) groups is 3. The maximum absolute atomic E-state index is 13.4. The molecule has 2 bridgehead atoms. The number of fused-ring (bicyclic) bond motifs is 3. The second kappa shape index (κ2) is 5.31. The van der Waals surface area contributed by atoms with Crippen LogP contribution < -0.4 is 0 Å². The fourth-order valence-electron chi connectivity index (χ4n) is 4.50. The lowest BCUT2D eigenvalue weighted by atomic mass is 9.79. The molecule has 8 heteroatoms. The summed E-state index contributed by atoms with van der Waals surface area (Å²) >= 11 is 0. The van der Waals surface area contributed by atoms with E-state index in [0.29, 0.717) is 19.3 Å². The van der Waals surface area contributed by atoms with Crippen molar-refractivity contribution in [2.45, 2.75) is 25.4 Å². The Kier molecular flexibility index (Phi) is 3.42. The van der Waals surface area contributed by atoms with Crippen molar-refractivity contribution in [2.24, 2.45) is 23.7 Å². The summed E-state index contributed by atoms with van der Waals surface area (Å²) in [5, 5.41) is 0.284. The molecule has 132 valence electrons. The normalized spacial score (nSPS) is 30.8. The van der Waals surface area contributed by atoms with Gasteiger partial charge in [-0.15, -0.1) is 0 Å². The fraction of sp³-hybridized carbons (Fsp3) is 0.471. The van der Waals surface area contributed by atoms with Crippen LogP contribution in [-0.2, 0) is 9.63 Å². The van der Waals surface area contributed by atoms with Gasteiger partial charge < -0.3 is 4.84 Å². The Balaban J connectivity index is 1.57. The predicted octanol–water partition coefficient (Wildman–Crippen LogP) is 2.97. The molecule has 1 aliphatic heterocycles. The van der Waals surface area contributed by atoms with Crippen molar-refractivity contribution in [2.75, 3.05) is 0 Å². The van der Waals surface area contributed by atoms with Crippen LogP contribution in [0.15, 0.2) is 24.3 Å². The van der Waals surface area contributed by atoms with Crippen molar-refractivity contribution in [3.63, 3.8) is 0 Å². The molecule has 2 saturated carbocycles. The van der Waals surface area contributed by atoms with Gasteiger partial charge in [-0.05, 0) is 43.2 Å². The maximum atomic E-state index is 13.4. The second-order valence-corrected chi connectivity index (χ2v) is 6.79. The van der Waals surface area contributed by atoms with Gasteiger partial charge in [0.1, 0.15) is 0 Å². The van der Waals surface area contributed by atoms with E-state index in [2.05, 4.69) is 0 Å². The Morgan fingerprint density at radius 3 is 2.16 bits per heavy atom. The van der Waals surface area contributed by atoms with Gasteiger partial charge in [0.05, 0.1) is 23.0 Å². The Morgan fingerprint density at radius 1 is 1.04 bits per heavy atom. The summed E-state index contributed by atoms with van der Waals surface area (Å²) in [6, 6.07) is 5.90. The largest absolute Gasteiger partial charge is 0.392 e. The van der Waals surface area contributed by atoms with Crippen molar-refractivity contribution in [1.82, 2.24) is 5.06 Å². The molecular formula is C17H14F3NO4. The monoisotopic (exact) mass is 353 g/mol. The van der Waals surface area contributed by atoms with Gasteiger partial charge in [-0.3, -0.25) is 9.59 Å². The zero-order chi connectivity index (χ0) is 17.9. The van der Waals surface area contributed by atoms with E-state index >= 15 is 0 Å². The van der Waals surface area contributed by atoms with E-state index in [1.165, 1.54) is 12.1 Å². The first kappa shape index (κ1) is 16.1. The van der Waals surface area contributed by atoms with Crippen LogP contribution in [0.25, 0.3) is 0 Å². The van der Waals surface area contributed by atoms with Crippen molar-refractivity contribution < 1.29 is 32.4 Å². The average Bonchev–Trinajstić information content (AvgIpc) is 3.23. The second-order valence-electron chi connectivity index (χ2n) is 6.79. The molecule has 1 aromatic rings. The summed E-state index contributed by atoms with van der Waals surface area (Å²) in [7, 11) is 0. The highest BCUT2D eigenvalue weighted by atomic mass is 19.4. The molecule has 1 heterocycles. The number of hydroxylamine groups is 2. The topological polar surface area (TPSA) is 63.7 Å². The molecular weight excluding hydrogens is 339 g/mol. The van der Waals surface area contributed by atoms with E-state index in [0.717, 1.165) is 0 Å². The quantitative estimate of drug-likeness (QED) is 0.767. The van der Waals surface area contributed by atoms with Crippen LogP contribution in [0.1, 0.15) is 40.0 Å². The molecule has 4 atom stereocenters. The first-order valence-electron chi connectivity index (χ1n) is 8.05. The molecule has 0 radical (unpaired) electrons. The van der Waals surface area contributed by atoms with E-state index in [1.807, 2.05) is 0 Å². The Hall–Kier alpha value is -2.38. The minimum atomic E-state index is -4.51. The van der Waals surface area contributed by atoms with Gasteiger partial charge in [0.15, 0.2) is 0 Å². The third-order valence-corrected chi connectivity index (χ3v) is 5.50. The number of imide groups is 1. The molecule has 25 heavy (non-hydrogen) atoms. The lowest BCUT2D eigenvalue weighted by Crippen LogP contribution is -2.43. The van der Waals surface area contributed by atoms with E-state index < -0.39 is 47.6 Å². The average molecular weight is 353 g/mol. The standard InChI is InChI=1S/C17H14F3NO4/c18-17(19,20)13-9-6-5-8(7-9)12(13)16(24)25-21-14(22)10-3-1-2-4-11(10)15(21)23/h1-4,8-9,12-13H,5-7H2. The minimum absolute atomic E-state index is 0.0700. The van der Waals surface area contributed by atoms with Gasteiger partial charge in [-0.25, -0.2) is 4.79 Å². The van der Waals surface area contributed by atoms with Gasteiger partial charge in [0, 0.05) is 0 Å². The van der Waals surface area contributed by atoms with E-state index in [1.54, 1.807) is 12.1 Å². The fourth-order valence-corrected chi connectivity index (χ4v) is 4.50. The summed E-state index contributed by atoms with van der Waals surface area (Å²) in [4.78, 5) is 41.7. The van der Waals surface area contributed by atoms with Crippen molar-refractivity contribution >= 4 is 17.8 Å². The van der Waals surface area contributed by atoms with Crippen LogP contribution in [0.3, 0.4) is 0 Å². The van der Waals surface area contributed by atoms with Gasteiger partial charge in [-0.1, -0.05) is 17.2 Å². The summed E-state index contributed by atoms with van der Waals surface area (Å²) in [5.41, 5.74) is 0.140. The summed E-state index contributed by atoms with van der Waals surface area (Å²) in [5.74, 6) is -6.95. The molecule has 2 fully saturated rings. The molecule has 1 aromatic carbocycles. The first-order valence-corrected chi connectivity index (χ1v) is 8.05. The maximum Gasteiger partial charge on any atom is 0.392 e. The van der Waals surface area contributed by atoms with Crippen LogP contribution >= 0.6 is 0 Å².